The molecule has 0 N–H and O–H groups in total. The van der Waals surface area contributed by atoms with Crippen molar-refractivity contribution in [3.63, 3.8) is 0 Å². The van der Waals surface area contributed by atoms with Crippen LogP contribution >= 0.6 is 0 Å². The molecule has 6 heteroatoms. The Labute approximate surface area is 159 Å². The van der Waals surface area contributed by atoms with Crippen LogP contribution in [0.3, 0.4) is 0 Å². The van der Waals surface area contributed by atoms with Crippen molar-refractivity contribution in [2.75, 3.05) is 26.3 Å². The minimum atomic E-state index is -0.254. The van der Waals surface area contributed by atoms with Crippen molar-refractivity contribution in [2.24, 2.45) is 5.92 Å². The largest absolute Gasteiger partial charge is 0.350 e. The number of amides is 2. The molecule has 0 bridgehead atoms. The highest BCUT2D eigenvalue weighted by Gasteiger charge is 2.35. The van der Waals surface area contributed by atoms with Gasteiger partial charge in [0.25, 0.3) is 0 Å². The molecule has 0 unspecified atom stereocenters. The summed E-state index contributed by atoms with van der Waals surface area (Å²) in [6, 6.07) is 7.70. The number of hydrogen-bond acceptors (Lipinski definition) is 4. The predicted molar refractivity (Wildman–Crippen MR) is 100 cm³/mol. The van der Waals surface area contributed by atoms with Crippen LogP contribution in [0.15, 0.2) is 30.5 Å². The second-order valence-corrected chi connectivity index (χ2v) is 7.44. The summed E-state index contributed by atoms with van der Waals surface area (Å²) in [6.45, 7) is 4.23. The Balaban J connectivity index is 1.48. The Morgan fingerprint density at radius 3 is 2.74 bits per heavy atom. The second kappa shape index (κ2) is 7.82. The molecule has 2 fully saturated rings. The third kappa shape index (κ3) is 3.77. The summed E-state index contributed by atoms with van der Waals surface area (Å²) < 4.78 is 11.3. The molecule has 2 amide bonds. The summed E-state index contributed by atoms with van der Waals surface area (Å²) in [5, 5.41) is 0. The number of carbonyl (C=O) groups excluding carboxylic acids is 2. The van der Waals surface area contributed by atoms with Crippen LogP contribution < -0.4 is 0 Å². The van der Waals surface area contributed by atoms with Crippen molar-refractivity contribution >= 4 is 17.9 Å². The molecule has 0 saturated carbocycles. The molecule has 1 aromatic rings. The summed E-state index contributed by atoms with van der Waals surface area (Å²) in [5.74, 6) is 0.259. The molecule has 2 atom stereocenters. The van der Waals surface area contributed by atoms with Gasteiger partial charge in [-0.1, -0.05) is 24.3 Å². The molecule has 1 aromatic carbocycles. The maximum absolute atomic E-state index is 13.1. The third-order valence-electron chi connectivity index (χ3n) is 5.68. The topological polar surface area (TPSA) is 59.1 Å². The number of ether oxygens (including phenoxy) is 2. The third-order valence-corrected chi connectivity index (χ3v) is 5.68. The number of likely N-dealkylation sites (tertiary alicyclic amines) is 1. The number of nitrogens with zero attached hydrogens (tertiary/aromatic N) is 2. The summed E-state index contributed by atoms with van der Waals surface area (Å²) in [5.41, 5.74) is 2.09. The standard InChI is InChI=1S/C21H26N2O4/c1-15(24)23-10-8-16-5-2-3-7-18(16)19(23)13-20(25)22-9-4-6-17(14-22)21-26-11-12-27-21/h2-3,5,7-8,10,17,19,21H,4,6,9,11-14H2,1H3/t17-,19+/m1/s1. The molecular formula is C21H26N2O4. The van der Waals surface area contributed by atoms with E-state index in [1.165, 1.54) is 0 Å². The van der Waals surface area contributed by atoms with Crippen LogP contribution in [-0.2, 0) is 19.1 Å². The highest BCUT2D eigenvalue weighted by atomic mass is 16.7. The van der Waals surface area contributed by atoms with Crippen LogP contribution in [0, 0.1) is 5.92 Å². The van der Waals surface area contributed by atoms with E-state index in [2.05, 4.69) is 0 Å². The molecule has 144 valence electrons. The van der Waals surface area contributed by atoms with Gasteiger partial charge in [0.05, 0.1) is 25.7 Å². The Morgan fingerprint density at radius 1 is 1.19 bits per heavy atom. The second-order valence-electron chi connectivity index (χ2n) is 7.44. The van der Waals surface area contributed by atoms with Gasteiger partial charge in [-0.25, -0.2) is 0 Å². The lowest BCUT2D eigenvalue weighted by Gasteiger charge is -2.37. The summed E-state index contributed by atoms with van der Waals surface area (Å²) in [4.78, 5) is 28.8. The van der Waals surface area contributed by atoms with Crippen molar-refractivity contribution in [1.29, 1.82) is 0 Å². The SMILES string of the molecule is CC(=O)N1C=Cc2ccccc2[C@@H]1CC(=O)N1CCC[C@@H](C2OCCO2)C1. The van der Waals surface area contributed by atoms with Gasteiger partial charge in [0.1, 0.15) is 0 Å². The van der Waals surface area contributed by atoms with E-state index in [4.69, 9.17) is 9.47 Å². The van der Waals surface area contributed by atoms with Crippen molar-refractivity contribution < 1.29 is 19.1 Å². The highest BCUT2D eigenvalue weighted by Crippen LogP contribution is 2.34. The monoisotopic (exact) mass is 370 g/mol. The number of rotatable bonds is 3. The normalized spacial score (nSPS) is 25.5. The van der Waals surface area contributed by atoms with Crippen LogP contribution in [0.1, 0.15) is 43.4 Å². The minimum absolute atomic E-state index is 0.0529. The van der Waals surface area contributed by atoms with Gasteiger partial charge in [-0.05, 0) is 30.0 Å². The maximum Gasteiger partial charge on any atom is 0.225 e. The maximum atomic E-state index is 13.1. The Hall–Kier alpha value is -2.18. The van der Waals surface area contributed by atoms with E-state index in [0.717, 1.165) is 30.5 Å². The van der Waals surface area contributed by atoms with Crippen molar-refractivity contribution in [3.05, 3.63) is 41.6 Å². The molecule has 3 heterocycles. The van der Waals surface area contributed by atoms with Gasteiger partial charge in [-0.3, -0.25) is 9.59 Å². The van der Waals surface area contributed by atoms with Crippen molar-refractivity contribution in [1.82, 2.24) is 9.80 Å². The average molecular weight is 370 g/mol. The first-order chi connectivity index (χ1) is 13.1. The fourth-order valence-corrected chi connectivity index (χ4v) is 4.32. The molecule has 6 nitrogen and oxygen atoms in total. The zero-order valence-electron chi connectivity index (χ0n) is 15.7. The molecule has 0 spiro atoms. The molecule has 0 aromatic heterocycles. The van der Waals surface area contributed by atoms with E-state index >= 15 is 0 Å². The van der Waals surface area contributed by atoms with Gasteiger partial charge in [0.2, 0.25) is 11.8 Å². The van der Waals surface area contributed by atoms with Gasteiger partial charge in [0, 0.05) is 32.1 Å². The van der Waals surface area contributed by atoms with Gasteiger partial charge in [-0.15, -0.1) is 0 Å². The first-order valence-electron chi connectivity index (χ1n) is 9.70. The average Bonchev–Trinajstić information content (AvgIpc) is 3.23. The Bertz CT molecular complexity index is 741. The number of carbonyl (C=O) groups is 2. The van der Waals surface area contributed by atoms with Crippen molar-refractivity contribution in [3.8, 4) is 0 Å². The molecule has 2 saturated heterocycles. The Kier molecular flexibility index (Phi) is 5.27. The zero-order valence-corrected chi connectivity index (χ0v) is 15.7. The molecule has 27 heavy (non-hydrogen) atoms. The van der Waals surface area contributed by atoms with Gasteiger partial charge in [-0.2, -0.15) is 0 Å². The van der Waals surface area contributed by atoms with E-state index in [0.29, 0.717) is 26.2 Å². The van der Waals surface area contributed by atoms with E-state index < -0.39 is 0 Å². The highest BCUT2D eigenvalue weighted by molar-refractivity contribution is 5.82. The first kappa shape index (κ1) is 18.2. The van der Waals surface area contributed by atoms with Crippen LogP contribution in [0.5, 0.6) is 0 Å². The van der Waals surface area contributed by atoms with Crippen LogP contribution in [0.4, 0.5) is 0 Å². The fourth-order valence-electron chi connectivity index (χ4n) is 4.32. The van der Waals surface area contributed by atoms with Gasteiger partial charge < -0.3 is 19.3 Å². The molecule has 3 aliphatic heterocycles. The molecule has 3 aliphatic rings. The van der Waals surface area contributed by atoms with E-state index in [-0.39, 0.29) is 30.1 Å². The van der Waals surface area contributed by atoms with Gasteiger partial charge in [0.15, 0.2) is 6.29 Å². The van der Waals surface area contributed by atoms with Crippen LogP contribution in [0.25, 0.3) is 6.08 Å². The lowest BCUT2D eigenvalue weighted by atomic mass is 9.92. The van der Waals surface area contributed by atoms with Crippen molar-refractivity contribution in [2.45, 2.75) is 38.5 Å². The quantitative estimate of drug-likeness (QED) is 0.821. The molecule has 4 rings (SSSR count). The Morgan fingerprint density at radius 2 is 1.96 bits per heavy atom. The molecule has 0 radical (unpaired) electrons. The van der Waals surface area contributed by atoms with Crippen LogP contribution in [0.2, 0.25) is 0 Å². The summed E-state index contributed by atoms with van der Waals surface area (Å²) in [7, 11) is 0. The van der Waals surface area contributed by atoms with Crippen LogP contribution in [-0.4, -0.2) is 54.2 Å². The van der Waals surface area contributed by atoms with E-state index in [1.54, 1.807) is 18.0 Å². The number of benzene rings is 1. The lowest BCUT2D eigenvalue weighted by Crippen LogP contribution is -2.45. The fraction of sp³-hybridized carbons (Fsp3) is 0.524. The summed E-state index contributed by atoms with van der Waals surface area (Å²) in [6.07, 6.45) is 5.80. The predicted octanol–water partition coefficient (Wildman–Crippen LogP) is 2.56. The minimum Gasteiger partial charge on any atom is -0.350 e. The zero-order chi connectivity index (χ0) is 18.8. The van der Waals surface area contributed by atoms with E-state index in [1.807, 2.05) is 35.2 Å². The first-order valence-corrected chi connectivity index (χ1v) is 9.70. The summed E-state index contributed by atoms with van der Waals surface area (Å²) >= 11 is 0. The lowest BCUT2D eigenvalue weighted by molar-refractivity contribution is -0.141. The van der Waals surface area contributed by atoms with Gasteiger partial charge >= 0.3 is 0 Å². The number of fused-ring (bicyclic) bond motifs is 1. The number of hydrogen-bond donors (Lipinski definition) is 0. The smallest absolute Gasteiger partial charge is 0.225 e. The number of piperidine rings is 1. The van der Waals surface area contributed by atoms with E-state index in [9.17, 15) is 9.59 Å². The molecular weight excluding hydrogens is 344 g/mol. The molecule has 0 aliphatic carbocycles.